The number of alkyl carbamates (subject to hydrolysis) is 1. The predicted octanol–water partition coefficient (Wildman–Crippen LogP) is 4.99. The molecule has 0 saturated heterocycles. The van der Waals surface area contributed by atoms with Gasteiger partial charge in [-0.15, -0.1) is 0 Å². The number of carbonyl (C=O) groups excluding carboxylic acids is 2. The van der Waals surface area contributed by atoms with Crippen LogP contribution < -0.4 is 21.3 Å². The van der Waals surface area contributed by atoms with Crippen molar-refractivity contribution in [2.45, 2.75) is 83.5 Å². The number of rotatable bonds is 9. The first kappa shape index (κ1) is 26.8. The summed E-state index contributed by atoms with van der Waals surface area (Å²) in [5.41, 5.74) is 4.48. The molecule has 3 atom stereocenters. The van der Waals surface area contributed by atoms with Gasteiger partial charge in [-0.3, -0.25) is 9.80 Å². The Balaban J connectivity index is 1.50. The SMILES string of the molecule is CCCCOC(=O)N[C@H]1CCCC[C@H]1Nc1nc(Nc2cccc(C)c2)c2c(c1C1CC=NN1C)CNC2=O. The number of unbranched alkanes of at least 4 members (excludes halogenated alkanes) is 1. The second kappa shape index (κ2) is 11.9. The van der Waals surface area contributed by atoms with Crippen LogP contribution in [0, 0.1) is 6.92 Å². The van der Waals surface area contributed by atoms with Crippen LogP contribution in [0.4, 0.5) is 22.1 Å². The minimum Gasteiger partial charge on any atom is -0.450 e. The van der Waals surface area contributed by atoms with E-state index in [9.17, 15) is 9.59 Å². The molecule has 3 heterocycles. The number of benzene rings is 1. The highest BCUT2D eigenvalue weighted by atomic mass is 16.5. The van der Waals surface area contributed by atoms with Gasteiger partial charge in [-0.05, 0) is 49.4 Å². The van der Waals surface area contributed by atoms with Crippen LogP contribution in [0.5, 0.6) is 0 Å². The predicted molar refractivity (Wildman–Crippen MR) is 153 cm³/mol. The molecule has 1 saturated carbocycles. The van der Waals surface area contributed by atoms with E-state index in [0.29, 0.717) is 24.5 Å². The summed E-state index contributed by atoms with van der Waals surface area (Å²) in [6, 6.07) is 7.88. The average Bonchev–Trinajstić information content (AvgIpc) is 3.51. The fourth-order valence-electron chi connectivity index (χ4n) is 5.72. The van der Waals surface area contributed by atoms with E-state index in [1.54, 1.807) is 0 Å². The number of hydrazone groups is 1. The van der Waals surface area contributed by atoms with E-state index >= 15 is 0 Å². The number of nitrogens with zero attached hydrogens (tertiary/aromatic N) is 3. The number of hydrogen-bond acceptors (Lipinski definition) is 8. The molecule has 1 fully saturated rings. The number of anilines is 3. The summed E-state index contributed by atoms with van der Waals surface area (Å²) in [5.74, 6) is 1.12. The lowest BCUT2D eigenvalue weighted by Crippen LogP contribution is -2.49. The molecule has 5 rings (SSSR count). The zero-order valence-electron chi connectivity index (χ0n) is 23.0. The van der Waals surface area contributed by atoms with Gasteiger partial charge in [0.25, 0.3) is 5.91 Å². The molecular weight excluding hydrogens is 494 g/mol. The maximum Gasteiger partial charge on any atom is 0.407 e. The molecule has 39 heavy (non-hydrogen) atoms. The van der Waals surface area contributed by atoms with Gasteiger partial charge in [0.15, 0.2) is 0 Å². The van der Waals surface area contributed by atoms with Gasteiger partial charge in [-0.1, -0.05) is 38.3 Å². The van der Waals surface area contributed by atoms with Gasteiger partial charge in [0.1, 0.15) is 11.6 Å². The molecule has 0 bridgehead atoms. The lowest BCUT2D eigenvalue weighted by Gasteiger charge is -2.34. The highest BCUT2D eigenvalue weighted by molar-refractivity contribution is 6.04. The van der Waals surface area contributed by atoms with Gasteiger partial charge >= 0.3 is 6.09 Å². The van der Waals surface area contributed by atoms with Crippen molar-refractivity contribution in [1.29, 1.82) is 0 Å². The van der Waals surface area contributed by atoms with Crippen molar-refractivity contribution in [3.05, 3.63) is 46.5 Å². The van der Waals surface area contributed by atoms with Crippen LogP contribution in [0.25, 0.3) is 0 Å². The Morgan fingerprint density at radius 3 is 2.77 bits per heavy atom. The summed E-state index contributed by atoms with van der Waals surface area (Å²) < 4.78 is 5.40. The monoisotopic (exact) mass is 533 g/mol. The van der Waals surface area contributed by atoms with Crippen LogP contribution in [0.3, 0.4) is 0 Å². The molecule has 2 amide bonds. The number of fused-ring (bicyclic) bond motifs is 1. The third-order valence-electron chi connectivity index (χ3n) is 7.78. The quantitative estimate of drug-likeness (QED) is 0.335. The van der Waals surface area contributed by atoms with E-state index in [4.69, 9.17) is 9.72 Å². The summed E-state index contributed by atoms with van der Waals surface area (Å²) in [5, 5.41) is 19.6. The normalized spacial score (nSPS) is 21.9. The van der Waals surface area contributed by atoms with E-state index in [-0.39, 0.29) is 30.1 Å². The number of ether oxygens (including phenoxy) is 1. The number of pyridine rings is 1. The molecule has 0 spiro atoms. The Hall–Kier alpha value is -3.82. The molecule has 10 nitrogen and oxygen atoms in total. The minimum absolute atomic E-state index is 0.0220. The Kier molecular flexibility index (Phi) is 8.18. The summed E-state index contributed by atoms with van der Waals surface area (Å²) >= 11 is 0. The van der Waals surface area contributed by atoms with Crippen LogP contribution in [-0.2, 0) is 11.3 Å². The Bertz CT molecular complexity index is 1250. The average molecular weight is 534 g/mol. The van der Waals surface area contributed by atoms with E-state index in [0.717, 1.165) is 73.1 Å². The molecule has 2 aromatic rings. The van der Waals surface area contributed by atoms with Gasteiger partial charge in [-0.25, -0.2) is 9.78 Å². The number of aryl methyl sites for hydroxylation is 1. The van der Waals surface area contributed by atoms with Crippen molar-refractivity contribution in [2.24, 2.45) is 5.10 Å². The second-order valence-corrected chi connectivity index (χ2v) is 10.7. The molecular formula is C29H39N7O3. The Morgan fingerprint density at radius 1 is 1.21 bits per heavy atom. The topological polar surface area (TPSA) is 120 Å². The molecule has 3 aliphatic rings. The lowest BCUT2D eigenvalue weighted by atomic mass is 9.89. The molecule has 1 aromatic heterocycles. The molecule has 1 unspecified atom stereocenters. The summed E-state index contributed by atoms with van der Waals surface area (Å²) in [6.45, 7) is 4.96. The minimum atomic E-state index is -0.371. The highest BCUT2D eigenvalue weighted by Gasteiger charge is 2.36. The van der Waals surface area contributed by atoms with Crippen molar-refractivity contribution in [3.63, 3.8) is 0 Å². The van der Waals surface area contributed by atoms with Gasteiger partial charge < -0.3 is 26.0 Å². The van der Waals surface area contributed by atoms with Crippen molar-refractivity contribution < 1.29 is 14.3 Å². The van der Waals surface area contributed by atoms with Gasteiger partial charge in [0, 0.05) is 43.5 Å². The molecule has 1 aromatic carbocycles. The van der Waals surface area contributed by atoms with Crippen LogP contribution in [0.15, 0.2) is 29.4 Å². The summed E-state index contributed by atoms with van der Waals surface area (Å²) in [4.78, 5) is 30.6. The third-order valence-corrected chi connectivity index (χ3v) is 7.78. The standard InChI is InChI=1S/C29H39N7O3/c1-4-5-15-39-29(38)34-22-12-7-6-11-21(22)33-26-24(23-13-14-31-36(23)3)20-17-30-28(37)25(20)27(35-26)32-19-10-8-9-18(2)16-19/h8-10,14,16,21-23H,4-7,11-13,15,17H2,1-3H3,(H,30,37)(H,34,38)(H2,32,33,35)/t21-,22+,23?/m1/s1. The number of aromatic nitrogens is 1. The number of hydrogen-bond donors (Lipinski definition) is 4. The molecule has 4 N–H and O–H groups in total. The van der Waals surface area contributed by atoms with Crippen LogP contribution >= 0.6 is 0 Å². The van der Waals surface area contributed by atoms with E-state index < -0.39 is 0 Å². The first-order valence-electron chi connectivity index (χ1n) is 14.1. The highest BCUT2D eigenvalue weighted by Crippen LogP contribution is 2.41. The number of amides is 2. The summed E-state index contributed by atoms with van der Waals surface area (Å²) in [7, 11) is 1.95. The third kappa shape index (κ3) is 5.94. The largest absolute Gasteiger partial charge is 0.450 e. The van der Waals surface area contributed by atoms with E-state index in [1.807, 2.05) is 49.5 Å². The Morgan fingerprint density at radius 2 is 2.03 bits per heavy atom. The smallest absolute Gasteiger partial charge is 0.407 e. The van der Waals surface area contributed by atoms with Gasteiger partial charge in [0.2, 0.25) is 0 Å². The van der Waals surface area contributed by atoms with E-state index in [1.165, 1.54) is 0 Å². The summed E-state index contributed by atoms with van der Waals surface area (Å²) in [6.07, 6.45) is 7.95. The van der Waals surface area contributed by atoms with Gasteiger partial charge in [-0.2, -0.15) is 5.10 Å². The van der Waals surface area contributed by atoms with E-state index in [2.05, 4.69) is 33.3 Å². The maximum atomic E-state index is 13.1. The first-order chi connectivity index (χ1) is 18.9. The van der Waals surface area contributed by atoms with Crippen LogP contribution in [0.2, 0.25) is 0 Å². The van der Waals surface area contributed by atoms with Crippen LogP contribution in [-0.4, -0.2) is 53.9 Å². The van der Waals surface area contributed by atoms with Crippen molar-refractivity contribution in [1.82, 2.24) is 20.6 Å². The van der Waals surface area contributed by atoms with Crippen molar-refractivity contribution >= 4 is 35.5 Å². The second-order valence-electron chi connectivity index (χ2n) is 10.7. The zero-order valence-corrected chi connectivity index (χ0v) is 23.0. The molecule has 1 aliphatic carbocycles. The zero-order chi connectivity index (χ0) is 27.4. The molecule has 2 aliphatic heterocycles. The van der Waals surface area contributed by atoms with Crippen molar-refractivity contribution in [3.8, 4) is 0 Å². The maximum absolute atomic E-state index is 13.1. The molecule has 0 radical (unpaired) electrons. The fourth-order valence-corrected chi connectivity index (χ4v) is 5.72. The first-order valence-corrected chi connectivity index (χ1v) is 14.1. The van der Waals surface area contributed by atoms with Gasteiger partial charge in [0.05, 0.1) is 24.3 Å². The fraction of sp³-hybridized carbons (Fsp3) is 0.517. The molecule has 10 heteroatoms. The Labute approximate surface area is 230 Å². The number of nitrogens with one attached hydrogen (secondary N) is 4. The number of carbonyl (C=O) groups is 2. The molecule has 208 valence electrons. The lowest BCUT2D eigenvalue weighted by molar-refractivity contribution is 0.0966. The van der Waals surface area contributed by atoms with Crippen molar-refractivity contribution in [2.75, 3.05) is 24.3 Å². The van der Waals surface area contributed by atoms with Crippen LogP contribution in [0.1, 0.15) is 85.0 Å².